The second-order valence-corrected chi connectivity index (χ2v) is 7.55. The molecule has 1 N–H and O–H groups in total. The highest BCUT2D eigenvalue weighted by Gasteiger charge is 2.30. The molecule has 2 fully saturated rings. The first-order chi connectivity index (χ1) is 12.1. The standard InChI is InChI=1S/C20H30N2O3/c1-15-13-25-14-16(2)22(15)20(24)19-5-3-17(4-6-19)11-21-9-7-18(12-23)8-10-21/h3-6,15-16,18,23H,7-14H2,1-2H3. The Bertz CT molecular complexity index is 557. The maximum absolute atomic E-state index is 12.8. The van der Waals surface area contributed by atoms with E-state index in [2.05, 4.69) is 17.0 Å². The van der Waals surface area contributed by atoms with E-state index in [0.717, 1.165) is 38.0 Å². The van der Waals surface area contributed by atoms with Crippen LogP contribution in [0.15, 0.2) is 24.3 Å². The summed E-state index contributed by atoms with van der Waals surface area (Å²) in [6.45, 7) is 8.59. The molecule has 138 valence electrons. The topological polar surface area (TPSA) is 53.0 Å². The molecule has 3 rings (SSSR count). The normalized spacial score (nSPS) is 26.0. The Labute approximate surface area is 150 Å². The number of hydrogen-bond donors (Lipinski definition) is 1. The number of nitrogens with zero attached hydrogens (tertiary/aromatic N) is 2. The van der Waals surface area contributed by atoms with E-state index < -0.39 is 0 Å². The fourth-order valence-electron chi connectivity index (χ4n) is 3.89. The second kappa shape index (κ2) is 8.30. The molecule has 2 atom stereocenters. The Morgan fingerprint density at radius 2 is 1.72 bits per heavy atom. The van der Waals surface area contributed by atoms with Gasteiger partial charge in [0.1, 0.15) is 0 Å². The van der Waals surface area contributed by atoms with E-state index in [-0.39, 0.29) is 18.0 Å². The van der Waals surface area contributed by atoms with Gasteiger partial charge < -0.3 is 14.7 Å². The van der Waals surface area contributed by atoms with Gasteiger partial charge in [0.25, 0.3) is 5.91 Å². The van der Waals surface area contributed by atoms with Crippen molar-refractivity contribution in [3.8, 4) is 0 Å². The van der Waals surface area contributed by atoms with Gasteiger partial charge in [0.05, 0.1) is 25.3 Å². The molecule has 0 aromatic heterocycles. The van der Waals surface area contributed by atoms with Gasteiger partial charge in [-0.1, -0.05) is 12.1 Å². The predicted molar refractivity (Wildman–Crippen MR) is 97.4 cm³/mol. The van der Waals surface area contributed by atoms with E-state index in [1.165, 1.54) is 5.56 Å². The van der Waals surface area contributed by atoms with Gasteiger partial charge in [0, 0.05) is 18.7 Å². The third kappa shape index (κ3) is 4.40. The van der Waals surface area contributed by atoms with Crippen molar-refractivity contribution in [3.63, 3.8) is 0 Å². The number of likely N-dealkylation sites (tertiary alicyclic amines) is 1. The number of carbonyl (C=O) groups is 1. The Morgan fingerprint density at radius 1 is 1.12 bits per heavy atom. The molecule has 0 radical (unpaired) electrons. The number of piperidine rings is 1. The van der Waals surface area contributed by atoms with Crippen LogP contribution in [0, 0.1) is 5.92 Å². The van der Waals surface area contributed by atoms with Crippen molar-refractivity contribution >= 4 is 5.91 Å². The van der Waals surface area contributed by atoms with Crippen LogP contribution in [0.3, 0.4) is 0 Å². The first-order valence-corrected chi connectivity index (χ1v) is 9.41. The molecule has 5 nitrogen and oxygen atoms in total. The SMILES string of the molecule is CC1COCC(C)N1C(=O)c1ccc(CN2CCC(CO)CC2)cc1. The Hall–Kier alpha value is -1.43. The zero-order valence-electron chi connectivity index (χ0n) is 15.4. The van der Waals surface area contributed by atoms with Gasteiger partial charge in [-0.05, 0) is 63.4 Å². The van der Waals surface area contributed by atoms with E-state index >= 15 is 0 Å². The molecule has 0 bridgehead atoms. The van der Waals surface area contributed by atoms with Crippen molar-refractivity contribution in [2.45, 2.75) is 45.3 Å². The van der Waals surface area contributed by atoms with Crippen LogP contribution in [0.2, 0.25) is 0 Å². The molecule has 1 aromatic carbocycles. The number of carbonyl (C=O) groups excluding carboxylic acids is 1. The summed E-state index contributed by atoms with van der Waals surface area (Å²) in [6, 6.07) is 8.27. The molecule has 1 aromatic rings. The molecule has 0 aliphatic carbocycles. The summed E-state index contributed by atoms with van der Waals surface area (Å²) < 4.78 is 5.51. The second-order valence-electron chi connectivity index (χ2n) is 7.55. The van der Waals surface area contributed by atoms with Crippen LogP contribution in [-0.4, -0.2) is 65.8 Å². The lowest BCUT2D eigenvalue weighted by molar-refractivity contribution is -0.0249. The van der Waals surface area contributed by atoms with Gasteiger partial charge in [-0.25, -0.2) is 0 Å². The monoisotopic (exact) mass is 346 g/mol. The van der Waals surface area contributed by atoms with Crippen LogP contribution in [-0.2, 0) is 11.3 Å². The fourth-order valence-corrected chi connectivity index (χ4v) is 3.89. The maximum Gasteiger partial charge on any atom is 0.254 e. The molecule has 2 heterocycles. The Kier molecular flexibility index (Phi) is 6.10. The predicted octanol–water partition coefficient (Wildman–Crippen LogP) is 2.14. The minimum atomic E-state index is 0.0959. The quantitative estimate of drug-likeness (QED) is 0.908. The van der Waals surface area contributed by atoms with Gasteiger partial charge in [-0.15, -0.1) is 0 Å². The first-order valence-electron chi connectivity index (χ1n) is 9.41. The average molecular weight is 346 g/mol. The molecule has 0 spiro atoms. The van der Waals surface area contributed by atoms with E-state index in [0.29, 0.717) is 25.7 Å². The van der Waals surface area contributed by atoms with Crippen LogP contribution in [0.4, 0.5) is 0 Å². The van der Waals surface area contributed by atoms with Crippen molar-refractivity contribution in [2.24, 2.45) is 5.92 Å². The maximum atomic E-state index is 12.8. The van der Waals surface area contributed by atoms with Gasteiger partial charge in [-0.3, -0.25) is 9.69 Å². The van der Waals surface area contributed by atoms with Crippen molar-refractivity contribution in [1.29, 1.82) is 0 Å². The summed E-state index contributed by atoms with van der Waals surface area (Å²) in [5.41, 5.74) is 1.99. The van der Waals surface area contributed by atoms with Crippen LogP contribution >= 0.6 is 0 Å². The van der Waals surface area contributed by atoms with Gasteiger partial charge in [0.15, 0.2) is 0 Å². The molecular weight excluding hydrogens is 316 g/mol. The van der Waals surface area contributed by atoms with Crippen LogP contribution in [0.5, 0.6) is 0 Å². The molecule has 2 aliphatic rings. The smallest absolute Gasteiger partial charge is 0.254 e. The number of aliphatic hydroxyl groups excluding tert-OH is 1. The molecule has 5 heteroatoms. The molecule has 2 saturated heterocycles. The number of ether oxygens (including phenoxy) is 1. The molecule has 25 heavy (non-hydrogen) atoms. The zero-order chi connectivity index (χ0) is 17.8. The number of rotatable bonds is 4. The third-order valence-corrected chi connectivity index (χ3v) is 5.47. The highest BCUT2D eigenvalue weighted by atomic mass is 16.5. The summed E-state index contributed by atoms with van der Waals surface area (Å²) in [7, 11) is 0. The van der Waals surface area contributed by atoms with Crippen molar-refractivity contribution in [2.75, 3.05) is 32.9 Å². The third-order valence-electron chi connectivity index (χ3n) is 5.47. The summed E-state index contributed by atoms with van der Waals surface area (Å²) in [4.78, 5) is 17.2. The minimum absolute atomic E-state index is 0.0959. The lowest BCUT2D eigenvalue weighted by Gasteiger charge is -2.38. The van der Waals surface area contributed by atoms with E-state index in [1.807, 2.05) is 30.9 Å². The average Bonchev–Trinajstić information content (AvgIpc) is 2.63. The molecule has 0 saturated carbocycles. The molecular formula is C20H30N2O3. The largest absolute Gasteiger partial charge is 0.396 e. The van der Waals surface area contributed by atoms with E-state index in [4.69, 9.17) is 4.74 Å². The lowest BCUT2D eigenvalue weighted by Crippen LogP contribution is -2.52. The summed E-state index contributed by atoms with van der Waals surface area (Å²) in [5.74, 6) is 0.562. The Morgan fingerprint density at radius 3 is 2.28 bits per heavy atom. The lowest BCUT2D eigenvalue weighted by atomic mass is 9.97. The molecule has 1 amide bonds. The fraction of sp³-hybridized carbons (Fsp3) is 0.650. The first kappa shape index (κ1) is 18.4. The highest BCUT2D eigenvalue weighted by Crippen LogP contribution is 2.20. The van der Waals surface area contributed by atoms with Crippen LogP contribution < -0.4 is 0 Å². The number of morpholine rings is 1. The minimum Gasteiger partial charge on any atom is -0.396 e. The number of benzene rings is 1. The molecule has 2 aliphatic heterocycles. The van der Waals surface area contributed by atoms with Crippen LogP contribution in [0.25, 0.3) is 0 Å². The summed E-state index contributed by atoms with van der Waals surface area (Å²) >= 11 is 0. The summed E-state index contributed by atoms with van der Waals surface area (Å²) in [6.07, 6.45) is 2.14. The number of hydrogen-bond acceptors (Lipinski definition) is 4. The van der Waals surface area contributed by atoms with Gasteiger partial charge in [-0.2, -0.15) is 0 Å². The van der Waals surface area contributed by atoms with E-state index in [9.17, 15) is 9.90 Å². The van der Waals surface area contributed by atoms with Crippen molar-refractivity contribution < 1.29 is 14.6 Å². The van der Waals surface area contributed by atoms with Crippen molar-refractivity contribution in [1.82, 2.24) is 9.80 Å². The number of amides is 1. The zero-order valence-corrected chi connectivity index (χ0v) is 15.4. The van der Waals surface area contributed by atoms with Crippen molar-refractivity contribution in [3.05, 3.63) is 35.4 Å². The van der Waals surface area contributed by atoms with Gasteiger partial charge >= 0.3 is 0 Å². The van der Waals surface area contributed by atoms with Crippen LogP contribution in [0.1, 0.15) is 42.6 Å². The summed E-state index contributed by atoms with van der Waals surface area (Å²) in [5, 5.41) is 9.23. The van der Waals surface area contributed by atoms with Gasteiger partial charge in [0.2, 0.25) is 0 Å². The van der Waals surface area contributed by atoms with E-state index in [1.54, 1.807) is 0 Å². The Balaban J connectivity index is 1.59. The number of aliphatic hydroxyl groups is 1. The highest BCUT2D eigenvalue weighted by molar-refractivity contribution is 5.94. The molecule has 2 unspecified atom stereocenters.